The van der Waals surface area contributed by atoms with E-state index in [0.29, 0.717) is 31.1 Å². The number of aldehydes is 1. The maximum Gasteiger partial charge on any atom is 0.161 e. The van der Waals surface area contributed by atoms with Gasteiger partial charge in [0.25, 0.3) is 0 Å². The maximum atomic E-state index is 14.5. The van der Waals surface area contributed by atoms with E-state index < -0.39 is 12.0 Å². The van der Waals surface area contributed by atoms with Gasteiger partial charge in [-0.3, -0.25) is 14.7 Å². The Bertz CT molecular complexity index is 1040. The molecule has 1 aromatic carbocycles. The fraction of sp³-hybridized carbons (Fsp3) is 0.350. The number of rotatable bonds is 5. The van der Waals surface area contributed by atoms with Crippen molar-refractivity contribution in [1.29, 1.82) is 0 Å². The monoisotopic (exact) mass is 417 g/mol. The Labute approximate surface area is 172 Å². The van der Waals surface area contributed by atoms with Crippen molar-refractivity contribution in [2.24, 2.45) is 0 Å². The van der Waals surface area contributed by atoms with Gasteiger partial charge in [0, 0.05) is 43.3 Å². The molecule has 1 saturated heterocycles. The van der Waals surface area contributed by atoms with E-state index in [0.717, 1.165) is 17.2 Å². The van der Waals surface area contributed by atoms with Crippen LogP contribution in [0.3, 0.4) is 0 Å². The van der Waals surface area contributed by atoms with Crippen LogP contribution in [0.25, 0.3) is 10.9 Å². The van der Waals surface area contributed by atoms with Crippen molar-refractivity contribution in [3.05, 3.63) is 47.6 Å². The summed E-state index contributed by atoms with van der Waals surface area (Å²) < 4.78 is 21.4. The van der Waals surface area contributed by atoms with Gasteiger partial charge < -0.3 is 9.64 Å². The summed E-state index contributed by atoms with van der Waals surface area (Å²) in [6, 6.07) is 4.72. The second kappa shape index (κ2) is 7.96. The molecular formula is C20H21ClFN5O2. The van der Waals surface area contributed by atoms with Gasteiger partial charge in [-0.1, -0.05) is 11.6 Å². The second-order valence-corrected chi connectivity index (χ2v) is 7.45. The van der Waals surface area contributed by atoms with Crippen LogP contribution in [0.2, 0.25) is 5.02 Å². The molecule has 0 N–H and O–H groups in total. The van der Waals surface area contributed by atoms with Crippen LogP contribution in [0, 0.1) is 5.82 Å². The van der Waals surface area contributed by atoms with E-state index >= 15 is 0 Å². The van der Waals surface area contributed by atoms with Gasteiger partial charge in [0.15, 0.2) is 12.5 Å². The summed E-state index contributed by atoms with van der Waals surface area (Å²) in [5, 5.41) is 5.56. The number of hydrogen-bond acceptors (Lipinski definition) is 6. The Balaban J connectivity index is 1.58. The molecule has 0 amide bonds. The lowest BCUT2D eigenvalue weighted by molar-refractivity contribution is -0.117. The quantitative estimate of drug-likeness (QED) is 0.594. The zero-order valence-electron chi connectivity index (χ0n) is 16.1. The van der Waals surface area contributed by atoms with E-state index in [-0.39, 0.29) is 11.1 Å². The van der Waals surface area contributed by atoms with E-state index in [1.54, 1.807) is 29.3 Å². The minimum Gasteiger partial charge on any atom is -0.495 e. The molecule has 2 atom stereocenters. The topological polar surface area (TPSA) is 63.5 Å². The highest BCUT2D eigenvalue weighted by molar-refractivity contribution is 6.32. The summed E-state index contributed by atoms with van der Waals surface area (Å²) in [4.78, 5) is 20.1. The van der Waals surface area contributed by atoms with E-state index in [9.17, 15) is 9.18 Å². The Morgan fingerprint density at radius 1 is 1.34 bits per heavy atom. The van der Waals surface area contributed by atoms with Crippen molar-refractivity contribution < 1.29 is 13.9 Å². The Morgan fingerprint density at radius 2 is 2.17 bits per heavy atom. The van der Waals surface area contributed by atoms with Crippen LogP contribution in [0.1, 0.15) is 13.1 Å². The molecule has 3 heterocycles. The van der Waals surface area contributed by atoms with Crippen LogP contribution in [0.4, 0.5) is 10.1 Å². The van der Waals surface area contributed by atoms with E-state index in [1.807, 2.05) is 17.9 Å². The van der Waals surface area contributed by atoms with Crippen molar-refractivity contribution in [2.45, 2.75) is 19.1 Å². The minimum absolute atomic E-state index is 0.0176. The van der Waals surface area contributed by atoms with Gasteiger partial charge in [0.2, 0.25) is 0 Å². The number of anilines is 1. The predicted octanol–water partition coefficient (Wildman–Crippen LogP) is 3.14. The molecule has 2 aromatic heterocycles. The third-order valence-corrected chi connectivity index (χ3v) is 5.65. The molecule has 0 bridgehead atoms. The smallest absolute Gasteiger partial charge is 0.161 e. The number of nitrogens with zero attached hydrogens (tertiary/aromatic N) is 5. The molecule has 1 fully saturated rings. The van der Waals surface area contributed by atoms with E-state index in [4.69, 9.17) is 16.3 Å². The highest BCUT2D eigenvalue weighted by atomic mass is 35.5. The zero-order chi connectivity index (χ0) is 20.5. The van der Waals surface area contributed by atoms with Crippen LogP contribution < -0.4 is 9.64 Å². The Morgan fingerprint density at radius 3 is 2.90 bits per heavy atom. The average molecular weight is 418 g/mol. The number of benzene rings is 1. The van der Waals surface area contributed by atoms with Gasteiger partial charge in [0.1, 0.15) is 11.6 Å². The standard InChI is InChI=1S/C20H21ClFN5O2/c1-13-11-25(17-8-19(29-2)15(21)7-16(17)22)5-6-26(13)20(12-28)27-18-10-23-4-3-14(18)9-24-27/h3-4,7-10,12-13,20H,5-6,11H2,1-2H3. The average Bonchev–Trinajstić information content (AvgIpc) is 3.14. The molecule has 7 nitrogen and oxygen atoms in total. The first-order valence-corrected chi connectivity index (χ1v) is 9.67. The Kier molecular flexibility index (Phi) is 5.38. The summed E-state index contributed by atoms with van der Waals surface area (Å²) in [6.07, 6.45) is 5.45. The summed E-state index contributed by atoms with van der Waals surface area (Å²) in [5.41, 5.74) is 1.24. The van der Waals surface area contributed by atoms with Crippen molar-refractivity contribution in [3.8, 4) is 5.75 Å². The highest BCUT2D eigenvalue weighted by Gasteiger charge is 2.32. The van der Waals surface area contributed by atoms with E-state index in [1.165, 1.54) is 13.2 Å². The number of pyridine rings is 1. The van der Waals surface area contributed by atoms with Crippen LogP contribution in [-0.4, -0.2) is 58.7 Å². The van der Waals surface area contributed by atoms with Crippen molar-refractivity contribution in [3.63, 3.8) is 0 Å². The van der Waals surface area contributed by atoms with Gasteiger partial charge in [-0.05, 0) is 19.1 Å². The number of piperazine rings is 1. The lowest BCUT2D eigenvalue weighted by Crippen LogP contribution is -2.54. The van der Waals surface area contributed by atoms with Gasteiger partial charge in [-0.2, -0.15) is 5.10 Å². The van der Waals surface area contributed by atoms with Gasteiger partial charge in [-0.25, -0.2) is 9.07 Å². The molecule has 0 radical (unpaired) electrons. The predicted molar refractivity (Wildman–Crippen MR) is 109 cm³/mol. The molecule has 0 saturated carbocycles. The lowest BCUT2D eigenvalue weighted by atomic mass is 10.1. The zero-order valence-corrected chi connectivity index (χ0v) is 16.9. The first-order chi connectivity index (χ1) is 14.0. The molecule has 0 spiro atoms. The number of ether oxygens (including phenoxy) is 1. The third-order valence-electron chi connectivity index (χ3n) is 5.35. The number of aromatic nitrogens is 3. The number of hydrogen-bond donors (Lipinski definition) is 0. The van der Waals surface area contributed by atoms with Crippen molar-refractivity contribution in [1.82, 2.24) is 19.7 Å². The van der Waals surface area contributed by atoms with Gasteiger partial charge in [0.05, 0.1) is 35.7 Å². The first kappa shape index (κ1) is 19.6. The SMILES string of the molecule is COc1cc(N2CCN(C(C=O)n3ncc4ccncc43)C(C)C2)c(F)cc1Cl. The molecule has 9 heteroatoms. The Hall–Kier alpha value is -2.71. The molecular weight excluding hydrogens is 397 g/mol. The van der Waals surface area contributed by atoms with Crippen molar-refractivity contribution >= 4 is 34.5 Å². The number of carbonyl (C=O) groups excluding carboxylic acids is 1. The number of methoxy groups -OCH3 is 1. The molecule has 2 unspecified atom stereocenters. The summed E-state index contributed by atoms with van der Waals surface area (Å²) in [6.45, 7) is 3.67. The summed E-state index contributed by atoms with van der Waals surface area (Å²) >= 11 is 6.01. The molecule has 3 aromatic rings. The van der Waals surface area contributed by atoms with Crippen LogP contribution >= 0.6 is 11.6 Å². The third kappa shape index (κ3) is 3.54. The second-order valence-electron chi connectivity index (χ2n) is 7.04. The van der Waals surface area contributed by atoms with Crippen LogP contribution in [0.5, 0.6) is 5.75 Å². The summed E-state index contributed by atoms with van der Waals surface area (Å²) in [7, 11) is 1.50. The minimum atomic E-state index is -0.557. The summed E-state index contributed by atoms with van der Waals surface area (Å²) in [5.74, 6) is 0.0342. The van der Waals surface area contributed by atoms with Crippen LogP contribution in [-0.2, 0) is 4.79 Å². The lowest BCUT2D eigenvalue weighted by Gasteiger charge is -2.43. The normalized spacial score (nSPS) is 18.8. The molecule has 152 valence electrons. The first-order valence-electron chi connectivity index (χ1n) is 9.29. The van der Waals surface area contributed by atoms with Crippen LogP contribution in [0.15, 0.2) is 36.8 Å². The van der Waals surface area contributed by atoms with E-state index in [2.05, 4.69) is 15.0 Å². The molecule has 0 aliphatic carbocycles. The number of fused-ring (bicyclic) bond motifs is 1. The molecule has 29 heavy (non-hydrogen) atoms. The number of carbonyl (C=O) groups is 1. The highest BCUT2D eigenvalue weighted by Crippen LogP contribution is 2.34. The molecule has 1 aliphatic rings. The maximum absolute atomic E-state index is 14.5. The van der Waals surface area contributed by atoms with Gasteiger partial charge >= 0.3 is 0 Å². The molecule has 4 rings (SSSR count). The van der Waals surface area contributed by atoms with Crippen molar-refractivity contribution in [2.75, 3.05) is 31.6 Å². The largest absolute Gasteiger partial charge is 0.495 e. The van der Waals surface area contributed by atoms with Gasteiger partial charge in [-0.15, -0.1) is 0 Å². The number of halogens is 2. The molecule has 1 aliphatic heterocycles. The fourth-order valence-corrected chi connectivity index (χ4v) is 4.10. The fourth-order valence-electron chi connectivity index (χ4n) is 3.87.